The maximum atomic E-state index is 12.7. The predicted octanol–water partition coefficient (Wildman–Crippen LogP) is 1.70. The Morgan fingerprint density at radius 2 is 2.29 bits per heavy atom. The van der Waals surface area contributed by atoms with Crippen LogP contribution in [0.4, 0.5) is 0 Å². The topological polar surface area (TPSA) is 58.6 Å². The molecule has 1 aromatic rings. The van der Waals surface area contributed by atoms with Gasteiger partial charge in [0.15, 0.2) is 0 Å². The van der Waals surface area contributed by atoms with Gasteiger partial charge in [0.25, 0.3) is 10.0 Å². The van der Waals surface area contributed by atoms with Crippen LogP contribution in [0.1, 0.15) is 25.1 Å². The molecule has 1 N–H and O–H groups in total. The van der Waals surface area contributed by atoms with Gasteiger partial charge in [0, 0.05) is 24.6 Å². The van der Waals surface area contributed by atoms with Crippen LogP contribution < -0.4 is 5.32 Å². The first kappa shape index (κ1) is 16.9. The lowest BCUT2D eigenvalue weighted by Gasteiger charge is -2.20. The van der Waals surface area contributed by atoms with E-state index in [9.17, 15) is 8.42 Å². The van der Waals surface area contributed by atoms with E-state index in [1.54, 1.807) is 10.4 Å². The minimum absolute atomic E-state index is 0.0459. The molecule has 0 saturated carbocycles. The van der Waals surface area contributed by atoms with Crippen molar-refractivity contribution in [1.29, 1.82) is 0 Å². The normalized spacial score (nSPS) is 21.3. The Kier molecular flexibility index (Phi) is 6.19. The second kappa shape index (κ2) is 7.69. The Bertz CT molecular complexity index is 542. The maximum absolute atomic E-state index is 12.7. The van der Waals surface area contributed by atoms with E-state index < -0.39 is 10.0 Å². The number of hydrogen-bond donors (Lipinski definition) is 1. The zero-order chi connectivity index (χ0) is 15.3. The summed E-state index contributed by atoms with van der Waals surface area (Å²) >= 11 is 1.38. The molecule has 1 aliphatic rings. The second-order valence-corrected chi connectivity index (χ2v) is 8.56. The monoisotopic (exact) mass is 332 g/mol. The van der Waals surface area contributed by atoms with E-state index in [0.29, 0.717) is 23.9 Å². The third-order valence-corrected chi connectivity index (χ3v) is 6.92. The summed E-state index contributed by atoms with van der Waals surface area (Å²) in [4.78, 5) is 1.11. The third-order valence-electron chi connectivity index (χ3n) is 3.44. The van der Waals surface area contributed by atoms with E-state index in [4.69, 9.17) is 4.74 Å². The number of nitrogens with one attached hydrogen (secondary N) is 1. The fourth-order valence-electron chi connectivity index (χ4n) is 2.32. The van der Waals surface area contributed by atoms with Crippen LogP contribution >= 0.6 is 11.3 Å². The first-order valence-corrected chi connectivity index (χ1v) is 9.71. The van der Waals surface area contributed by atoms with Crippen molar-refractivity contribution in [3.05, 3.63) is 17.0 Å². The van der Waals surface area contributed by atoms with Crippen molar-refractivity contribution in [3.8, 4) is 0 Å². The molecule has 1 fully saturated rings. The summed E-state index contributed by atoms with van der Waals surface area (Å²) in [7, 11) is -3.38. The molecule has 5 nitrogen and oxygen atoms in total. The Labute approximate surface area is 131 Å². The fourth-order valence-corrected chi connectivity index (χ4v) is 5.38. The van der Waals surface area contributed by atoms with Crippen molar-refractivity contribution < 1.29 is 13.2 Å². The number of nitrogens with zero attached hydrogens (tertiary/aromatic N) is 1. The summed E-state index contributed by atoms with van der Waals surface area (Å²) in [6.07, 6.45) is 1.57. The molecule has 0 spiro atoms. The van der Waals surface area contributed by atoms with Gasteiger partial charge in [0.05, 0.1) is 6.10 Å². The van der Waals surface area contributed by atoms with Gasteiger partial charge in [0.2, 0.25) is 0 Å². The van der Waals surface area contributed by atoms with Gasteiger partial charge in [-0.25, -0.2) is 8.42 Å². The van der Waals surface area contributed by atoms with Gasteiger partial charge >= 0.3 is 0 Å². The fraction of sp³-hybridized carbons (Fsp3) is 0.714. The van der Waals surface area contributed by atoms with E-state index >= 15 is 0 Å². The number of ether oxygens (including phenoxy) is 1. The van der Waals surface area contributed by atoms with Gasteiger partial charge in [-0.15, -0.1) is 11.3 Å². The van der Waals surface area contributed by atoms with Gasteiger partial charge in [-0.2, -0.15) is 4.31 Å². The highest BCUT2D eigenvalue weighted by atomic mass is 32.2. The summed E-state index contributed by atoms with van der Waals surface area (Å²) in [5.74, 6) is 0. The lowest BCUT2D eigenvalue weighted by molar-refractivity contribution is 0.0752. The molecule has 1 aliphatic heterocycles. The molecular weight excluding hydrogens is 308 g/mol. The molecule has 0 amide bonds. The third kappa shape index (κ3) is 4.50. The quantitative estimate of drug-likeness (QED) is 0.806. The van der Waals surface area contributed by atoms with Crippen molar-refractivity contribution in [2.75, 3.05) is 32.8 Å². The Hall–Kier alpha value is -0.470. The van der Waals surface area contributed by atoms with Crippen molar-refractivity contribution in [2.45, 2.75) is 37.0 Å². The average Bonchev–Trinajstić information content (AvgIpc) is 2.81. The number of hydrogen-bond acceptors (Lipinski definition) is 5. The molecular formula is C14H24N2O3S2. The highest BCUT2D eigenvalue weighted by molar-refractivity contribution is 7.91. The molecule has 2 rings (SSSR count). The van der Waals surface area contributed by atoms with E-state index in [2.05, 4.69) is 12.2 Å². The van der Waals surface area contributed by atoms with Gasteiger partial charge in [-0.1, -0.05) is 6.92 Å². The van der Waals surface area contributed by atoms with Crippen molar-refractivity contribution in [3.63, 3.8) is 0 Å². The number of rotatable bonds is 6. The Balaban J connectivity index is 2.08. The first-order chi connectivity index (χ1) is 10.0. The summed E-state index contributed by atoms with van der Waals surface area (Å²) in [6, 6.07) is 3.66. The predicted molar refractivity (Wildman–Crippen MR) is 85.4 cm³/mol. The minimum Gasteiger partial charge on any atom is -0.377 e. The molecule has 21 heavy (non-hydrogen) atoms. The molecule has 0 bridgehead atoms. The van der Waals surface area contributed by atoms with Crippen LogP contribution in [0.5, 0.6) is 0 Å². The molecule has 120 valence electrons. The van der Waals surface area contributed by atoms with Crippen molar-refractivity contribution in [2.24, 2.45) is 0 Å². The smallest absolute Gasteiger partial charge is 0.252 e. The van der Waals surface area contributed by atoms with Crippen LogP contribution in [-0.4, -0.2) is 51.6 Å². The molecule has 1 atom stereocenters. The second-order valence-electron chi connectivity index (χ2n) is 5.22. The minimum atomic E-state index is -3.38. The molecule has 0 aromatic carbocycles. The number of thiophene rings is 1. The zero-order valence-corrected chi connectivity index (χ0v) is 14.3. The van der Waals surface area contributed by atoms with Crippen LogP contribution in [0.25, 0.3) is 0 Å². The van der Waals surface area contributed by atoms with Gasteiger partial charge in [-0.05, 0) is 45.0 Å². The van der Waals surface area contributed by atoms with E-state index in [1.165, 1.54) is 11.3 Å². The van der Waals surface area contributed by atoms with E-state index in [-0.39, 0.29) is 6.10 Å². The molecule has 7 heteroatoms. The van der Waals surface area contributed by atoms with Gasteiger partial charge in [0.1, 0.15) is 4.21 Å². The largest absolute Gasteiger partial charge is 0.377 e. The van der Waals surface area contributed by atoms with Crippen LogP contribution in [0.15, 0.2) is 16.3 Å². The van der Waals surface area contributed by atoms with Crippen LogP contribution in [-0.2, 0) is 21.2 Å². The summed E-state index contributed by atoms with van der Waals surface area (Å²) in [5, 5.41) is 3.25. The highest BCUT2D eigenvalue weighted by Gasteiger charge is 2.29. The van der Waals surface area contributed by atoms with E-state index in [0.717, 1.165) is 30.8 Å². The Morgan fingerprint density at radius 1 is 1.48 bits per heavy atom. The zero-order valence-electron chi connectivity index (χ0n) is 12.7. The molecule has 1 unspecified atom stereocenters. The molecule has 0 radical (unpaired) electrons. The summed E-state index contributed by atoms with van der Waals surface area (Å²) in [5.41, 5.74) is 0. The molecule has 0 aliphatic carbocycles. The lowest BCUT2D eigenvalue weighted by atomic mass is 10.3. The van der Waals surface area contributed by atoms with Crippen molar-refractivity contribution >= 4 is 21.4 Å². The maximum Gasteiger partial charge on any atom is 0.252 e. The average molecular weight is 332 g/mol. The first-order valence-electron chi connectivity index (χ1n) is 7.45. The van der Waals surface area contributed by atoms with E-state index in [1.807, 2.05) is 13.0 Å². The number of likely N-dealkylation sites (N-methyl/N-ethyl adjacent to an activating group) is 1. The molecule has 1 aromatic heterocycles. The summed E-state index contributed by atoms with van der Waals surface area (Å²) < 4.78 is 32.9. The van der Waals surface area contributed by atoms with Crippen LogP contribution in [0.2, 0.25) is 0 Å². The standard InChI is InChI=1S/C14H24N2O3S2/c1-3-15-8-7-13-5-6-14(20-13)21(17,18)16-9-4-10-19-12(2)11-16/h5-6,12,15H,3-4,7-11H2,1-2H3. The van der Waals surface area contributed by atoms with Gasteiger partial charge in [-0.3, -0.25) is 0 Å². The van der Waals surface area contributed by atoms with Gasteiger partial charge < -0.3 is 10.1 Å². The van der Waals surface area contributed by atoms with Crippen LogP contribution in [0.3, 0.4) is 0 Å². The highest BCUT2D eigenvalue weighted by Crippen LogP contribution is 2.26. The SMILES string of the molecule is CCNCCc1ccc(S(=O)(=O)N2CCCOC(C)C2)s1. The van der Waals surface area contributed by atoms with Crippen molar-refractivity contribution in [1.82, 2.24) is 9.62 Å². The number of sulfonamides is 1. The summed E-state index contributed by atoms with van der Waals surface area (Å²) in [6.45, 7) is 7.40. The molecule has 1 saturated heterocycles. The van der Waals surface area contributed by atoms with Crippen LogP contribution in [0, 0.1) is 0 Å². The Morgan fingerprint density at radius 3 is 3.05 bits per heavy atom. The lowest BCUT2D eigenvalue weighted by Crippen LogP contribution is -2.35. The molecule has 2 heterocycles.